The van der Waals surface area contributed by atoms with Gasteiger partial charge in [0.25, 0.3) is 0 Å². The first-order valence-electron chi connectivity index (χ1n) is 8.65. The molecule has 1 fully saturated rings. The fourth-order valence-electron chi connectivity index (χ4n) is 2.66. The van der Waals surface area contributed by atoms with Crippen molar-refractivity contribution in [3.8, 4) is 0 Å². The van der Waals surface area contributed by atoms with Crippen molar-refractivity contribution in [1.29, 1.82) is 0 Å². The van der Waals surface area contributed by atoms with Crippen LogP contribution in [-0.4, -0.2) is 33.7 Å². The number of carbonyl (C=O) groups is 2. The molecule has 2 aromatic carbocycles. The average Bonchev–Trinajstić information content (AvgIpc) is 2.65. The fraction of sp³-hybridized carbons (Fsp3) is 0.250. The third kappa shape index (κ3) is 4.70. The number of amidine groups is 1. The van der Waals surface area contributed by atoms with Gasteiger partial charge in [0.05, 0.1) is 5.69 Å². The average molecular weight is 402 g/mol. The topological polar surface area (TPSA) is 61.8 Å². The van der Waals surface area contributed by atoms with Crippen LogP contribution in [-0.2, 0) is 9.59 Å². The molecule has 0 spiro atoms. The quantitative estimate of drug-likeness (QED) is 0.812. The molecule has 0 unspecified atom stereocenters. The summed E-state index contributed by atoms with van der Waals surface area (Å²) in [6.07, 6.45) is 0.144. The molecule has 0 saturated carbocycles. The maximum atomic E-state index is 12.6. The number of hydrogen-bond acceptors (Lipinski definition) is 4. The highest BCUT2D eigenvalue weighted by molar-refractivity contribution is 8.15. The Morgan fingerprint density at radius 2 is 2.04 bits per heavy atom. The van der Waals surface area contributed by atoms with E-state index in [2.05, 4.69) is 10.3 Å². The number of hydrogen-bond donors (Lipinski definition) is 1. The van der Waals surface area contributed by atoms with Crippen LogP contribution in [0.3, 0.4) is 0 Å². The van der Waals surface area contributed by atoms with Gasteiger partial charge < -0.3 is 5.32 Å². The summed E-state index contributed by atoms with van der Waals surface area (Å²) in [6, 6.07) is 14.7. The zero-order chi connectivity index (χ0) is 19.4. The summed E-state index contributed by atoms with van der Waals surface area (Å²) in [7, 11) is 0. The highest BCUT2D eigenvalue weighted by atomic mass is 35.5. The molecule has 1 N–H and O–H groups in total. The molecule has 0 aliphatic carbocycles. The Hall–Kier alpha value is -2.31. The molecular weight excluding hydrogens is 382 g/mol. The predicted molar refractivity (Wildman–Crippen MR) is 112 cm³/mol. The summed E-state index contributed by atoms with van der Waals surface area (Å²) in [5.74, 6) is -0.314. The molecular formula is C20H20ClN3O2S. The number of rotatable bonds is 4. The Kier molecular flexibility index (Phi) is 6.19. The second kappa shape index (κ2) is 8.59. The highest BCUT2D eigenvalue weighted by Crippen LogP contribution is 2.31. The maximum absolute atomic E-state index is 12.6. The number of aliphatic imine (C=N–C) groups is 1. The lowest BCUT2D eigenvalue weighted by Crippen LogP contribution is -2.45. The van der Waals surface area contributed by atoms with Crippen LogP contribution < -0.4 is 5.32 Å². The maximum Gasteiger partial charge on any atom is 0.238 e. The zero-order valence-corrected chi connectivity index (χ0v) is 16.7. The van der Waals surface area contributed by atoms with Gasteiger partial charge in [-0.1, -0.05) is 47.6 Å². The van der Waals surface area contributed by atoms with Gasteiger partial charge in [0.2, 0.25) is 11.8 Å². The van der Waals surface area contributed by atoms with E-state index in [9.17, 15) is 9.59 Å². The monoisotopic (exact) mass is 401 g/mol. The molecule has 1 saturated heterocycles. The van der Waals surface area contributed by atoms with Crippen molar-refractivity contribution >= 4 is 51.7 Å². The summed E-state index contributed by atoms with van der Waals surface area (Å²) in [6.45, 7) is 4.30. The molecule has 1 atom stereocenters. The lowest BCUT2D eigenvalue weighted by Gasteiger charge is -2.30. The van der Waals surface area contributed by atoms with Crippen molar-refractivity contribution in [3.05, 3.63) is 59.1 Å². The Bertz CT molecular complexity index is 886. The van der Waals surface area contributed by atoms with Crippen LogP contribution in [0.1, 0.15) is 18.9 Å². The summed E-state index contributed by atoms with van der Waals surface area (Å²) in [4.78, 5) is 31.4. The molecule has 0 bridgehead atoms. The largest absolute Gasteiger partial charge is 0.325 e. The molecule has 1 heterocycles. The third-order valence-electron chi connectivity index (χ3n) is 4.17. The molecule has 2 amide bonds. The Morgan fingerprint density at radius 3 is 2.70 bits per heavy atom. The van der Waals surface area contributed by atoms with Crippen LogP contribution in [0.4, 0.5) is 11.4 Å². The molecule has 140 valence electrons. The van der Waals surface area contributed by atoms with E-state index in [-0.39, 0.29) is 18.2 Å². The first-order chi connectivity index (χ1) is 13.0. The van der Waals surface area contributed by atoms with Crippen LogP contribution in [0, 0.1) is 6.92 Å². The third-order valence-corrected chi connectivity index (χ3v) is 5.76. The summed E-state index contributed by atoms with van der Waals surface area (Å²) in [5, 5.41) is 3.46. The zero-order valence-electron chi connectivity index (χ0n) is 15.1. The molecule has 0 aromatic heterocycles. The molecule has 27 heavy (non-hydrogen) atoms. The predicted octanol–water partition coefficient (Wildman–Crippen LogP) is 4.63. The van der Waals surface area contributed by atoms with Crippen LogP contribution in [0.15, 0.2) is 53.5 Å². The van der Waals surface area contributed by atoms with Crippen LogP contribution in [0.5, 0.6) is 0 Å². The number of para-hydroxylation sites is 1. The van der Waals surface area contributed by atoms with Gasteiger partial charge in [0.1, 0.15) is 5.25 Å². The van der Waals surface area contributed by atoms with Gasteiger partial charge >= 0.3 is 0 Å². The smallest absolute Gasteiger partial charge is 0.238 e. The van der Waals surface area contributed by atoms with Gasteiger partial charge in [-0.15, -0.1) is 0 Å². The lowest BCUT2D eigenvalue weighted by atomic mass is 10.2. The van der Waals surface area contributed by atoms with Crippen LogP contribution in [0.25, 0.3) is 0 Å². The van der Waals surface area contributed by atoms with E-state index in [0.717, 1.165) is 5.56 Å². The highest BCUT2D eigenvalue weighted by Gasteiger charge is 2.35. The Labute approximate surface area is 167 Å². The van der Waals surface area contributed by atoms with E-state index in [1.165, 1.54) is 11.8 Å². The number of carbonyl (C=O) groups excluding carboxylic acids is 2. The first kappa shape index (κ1) is 19.5. The summed E-state index contributed by atoms with van der Waals surface area (Å²) >= 11 is 7.48. The van der Waals surface area contributed by atoms with Gasteiger partial charge in [0, 0.05) is 23.7 Å². The number of amides is 2. The van der Waals surface area contributed by atoms with Gasteiger partial charge in [-0.3, -0.25) is 14.5 Å². The number of halogens is 1. The second-order valence-electron chi connectivity index (χ2n) is 6.13. The number of nitrogens with one attached hydrogen (secondary N) is 1. The van der Waals surface area contributed by atoms with Gasteiger partial charge in [-0.05, 0) is 43.7 Å². The van der Waals surface area contributed by atoms with Crippen molar-refractivity contribution in [2.45, 2.75) is 25.5 Å². The van der Waals surface area contributed by atoms with Gasteiger partial charge in [0.15, 0.2) is 5.17 Å². The first-order valence-corrected chi connectivity index (χ1v) is 9.91. The van der Waals surface area contributed by atoms with Crippen molar-refractivity contribution in [1.82, 2.24) is 4.90 Å². The van der Waals surface area contributed by atoms with E-state index < -0.39 is 5.25 Å². The Morgan fingerprint density at radius 1 is 1.30 bits per heavy atom. The van der Waals surface area contributed by atoms with E-state index in [4.69, 9.17) is 11.6 Å². The van der Waals surface area contributed by atoms with Gasteiger partial charge in [-0.25, -0.2) is 4.99 Å². The summed E-state index contributed by atoms with van der Waals surface area (Å²) < 4.78 is 0. The SMILES string of the molecule is CCN1C(=O)C[C@@H](C(=O)Nc2ccccc2)SC1=Nc1ccc(C)c(Cl)c1. The van der Waals surface area contributed by atoms with Crippen molar-refractivity contribution in [3.63, 3.8) is 0 Å². The van der Waals surface area contributed by atoms with E-state index in [1.54, 1.807) is 11.0 Å². The van der Waals surface area contributed by atoms with Crippen molar-refractivity contribution < 1.29 is 9.59 Å². The minimum absolute atomic E-state index is 0.110. The van der Waals surface area contributed by atoms with Crippen LogP contribution >= 0.6 is 23.4 Å². The number of nitrogens with zero attached hydrogens (tertiary/aromatic N) is 2. The van der Waals surface area contributed by atoms with Crippen molar-refractivity contribution in [2.75, 3.05) is 11.9 Å². The normalized spacial score (nSPS) is 18.6. The fourth-order valence-corrected chi connectivity index (χ4v) is 4.00. The minimum Gasteiger partial charge on any atom is -0.325 e. The molecule has 1 aliphatic rings. The molecule has 0 radical (unpaired) electrons. The molecule has 7 heteroatoms. The van der Waals surface area contributed by atoms with Crippen LogP contribution in [0.2, 0.25) is 5.02 Å². The second-order valence-corrected chi connectivity index (χ2v) is 7.71. The number of aryl methyl sites for hydroxylation is 1. The number of anilines is 1. The molecule has 5 nitrogen and oxygen atoms in total. The standard InChI is InChI=1S/C20H20ClN3O2S/c1-3-24-18(25)12-17(19(26)22-14-7-5-4-6-8-14)27-20(24)23-15-10-9-13(2)16(21)11-15/h4-11,17H,3,12H2,1-2H3,(H,22,26)/t17-/m0/s1. The minimum atomic E-state index is -0.528. The van der Waals surface area contributed by atoms with E-state index in [1.807, 2.05) is 56.3 Å². The van der Waals surface area contributed by atoms with E-state index in [0.29, 0.717) is 28.1 Å². The number of thioether (sulfide) groups is 1. The Balaban J connectivity index is 1.83. The molecule has 1 aliphatic heterocycles. The summed E-state index contributed by atoms with van der Waals surface area (Å²) in [5.41, 5.74) is 2.32. The van der Waals surface area contributed by atoms with E-state index >= 15 is 0 Å². The molecule has 3 rings (SSSR count). The van der Waals surface area contributed by atoms with Crippen molar-refractivity contribution in [2.24, 2.45) is 4.99 Å². The lowest BCUT2D eigenvalue weighted by molar-refractivity contribution is -0.129. The molecule has 2 aromatic rings. The van der Waals surface area contributed by atoms with Gasteiger partial charge in [-0.2, -0.15) is 0 Å². The number of benzene rings is 2.